The van der Waals surface area contributed by atoms with E-state index in [0.29, 0.717) is 23.3 Å². The first-order chi connectivity index (χ1) is 14.5. The molecule has 162 valence electrons. The highest BCUT2D eigenvalue weighted by Crippen LogP contribution is 2.34. The van der Waals surface area contributed by atoms with Gasteiger partial charge in [0, 0.05) is 31.7 Å². The molecule has 0 spiro atoms. The number of aliphatic hydroxyl groups excluding tert-OH is 1. The van der Waals surface area contributed by atoms with Crippen molar-refractivity contribution >= 4 is 11.8 Å². The maximum absolute atomic E-state index is 12.8. The fourth-order valence-electron chi connectivity index (χ4n) is 2.84. The summed E-state index contributed by atoms with van der Waals surface area (Å²) in [6, 6.07) is 15.4. The van der Waals surface area contributed by atoms with Crippen molar-refractivity contribution in [3.05, 3.63) is 65.2 Å². The number of hydrogen-bond acceptors (Lipinski definition) is 4. The number of hydrogen-bond donors (Lipinski definition) is 3. The third kappa shape index (κ3) is 6.84. The van der Waals surface area contributed by atoms with E-state index >= 15 is 0 Å². The largest absolute Gasteiger partial charge is 0.486 e. The molecular formula is C23H29FN2O4. The second-order valence-electron chi connectivity index (χ2n) is 6.91. The van der Waals surface area contributed by atoms with E-state index in [9.17, 15) is 14.0 Å². The van der Waals surface area contributed by atoms with Crippen molar-refractivity contribution in [2.45, 2.75) is 38.3 Å². The molecule has 1 heterocycles. The molecule has 2 aromatic carbocycles. The third-order valence-electron chi connectivity index (χ3n) is 4.38. The number of rotatable bonds is 4. The van der Waals surface area contributed by atoms with Crippen LogP contribution in [0, 0.1) is 0 Å². The molecule has 1 fully saturated rings. The van der Waals surface area contributed by atoms with Crippen molar-refractivity contribution in [2.24, 2.45) is 0 Å². The lowest BCUT2D eigenvalue weighted by molar-refractivity contribution is 0.0951. The molecule has 30 heavy (non-hydrogen) atoms. The number of carbonyl (C=O) groups excluding carboxylic acids is 2. The Labute approximate surface area is 176 Å². The first-order valence-electron chi connectivity index (χ1n) is 10.1. The predicted octanol–water partition coefficient (Wildman–Crippen LogP) is 2.90. The average Bonchev–Trinajstić information content (AvgIpc) is 3.49. The van der Waals surface area contributed by atoms with Crippen molar-refractivity contribution in [1.82, 2.24) is 10.6 Å². The lowest BCUT2D eigenvalue weighted by Crippen LogP contribution is -2.26. The highest BCUT2D eigenvalue weighted by Gasteiger charge is 2.30. The Kier molecular flexibility index (Phi) is 9.28. The molecule has 1 unspecified atom stereocenters. The number of amides is 2. The van der Waals surface area contributed by atoms with Crippen molar-refractivity contribution in [3.63, 3.8) is 0 Å². The van der Waals surface area contributed by atoms with Gasteiger partial charge in [0.05, 0.1) is 5.56 Å². The van der Waals surface area contributed by atoms with Gasteiger partial charge in [-0.3, -0.25) is 9.59 Å². The van der Waals surface area contributed by atoms with Gasteiger partial charge in [-0.05, 0) is 37.5 Å². The van der Waals surface area contributed by atoms with Crippen LogP contribution in [0.1, 0.15) is 46.0 Å². The van der Waals surface area contributed by atoms with Crippen LogP contribution < -0.4 is 15.4 Å². The van der Waals surface area contributed by atoms with Crippen LogP contribution >= 0.6 is 0 Å². The monoisotopic (exact) mass is 416 g/mol. The molecular weight excluding hydrogens is 387 g/mol. The molecule has 0 aromatic heterocycles. The Balaban J connectivity index is 0.000000298. The van der Waals surface area contributed by atoms with E-state index in [-0.39, 0.29) is 30.0 Å². The lowest BCUT2D eigenvalue weighted by atomic mass is 10.0. The van der Waals surface area contributed by atoms with Gasteiger partial charge in [-0.25, -0.2) is 4.39 Å². The van der Waals surface area contributed by atoms with E-state index in [2.05, 4.69) is 10.6 Å². The Morgan fingerprint density at radius 3 is 2.13 bits per heavy atom. The Bertz CT molecular complexity index is 799. The molecule has 0 radical (unpaired) electrons. The zero-order chi connectivity index (χ0) is 21.9. The fourth-order valence-corrected chi connectivity index (χ4v) is 2.84. The fraction of sp³-hybridized carbons (Fsp3) is 0.391. The molecule has 1 atom stereocenters. The van der Waals surface area contributed by atoms with Crippen LogP contribution in [0.15, 0.2) is 48.5 Å². The number of carbonyl (C=O) groups is 2. The third-order valence-corrected chi connectivity index (χ3v) is 4.38. The van der Waals surface area contributed by atoms with E-state index in [1.165, 1.54) is 13.1 Å². The van der Waals surface area contributed by atoms with Gasteiger partial charge in [0.2, 0.25) is 0 Å². The zero-order valence-corrected chi connectivity index (χ0v) is 17.4. The van der Waals surface area contributed by atoms with E-state index < -0.39 is 12.8 Å². The number of nitrogens with one attached hydrogen (secondary N) is 2. The summed E-state index contributed by atoms with van der Waals surface area (Å²) < 4.78 is 18.3. The van der Waals surface area contributed by atoms with Gasteiger partial charge in [0.25, 0.3) is 11.8 Å². The molecule has 2 amide bonds. The predicted molar refractivity (Wildman–Crippen MR) is 114 cm³/mol. The smallest absolute Gasteiger partial charge is 0.254 e. The highest BCUT2D eigenvalue weighted by molar-refractivity contribution is 6.02. The molecule has 1 saturated carbocycles. The minimum Gasteiger partial charge on any atom is -0.486 e. The number of benzene rings is 2. The molecule has 7 heteroatoms. The molecule has 3 N–H and O–H groups in total. The van der Waals surface area contributed by atoms with Gasteiger partial charge < -0.3 is 20.5 Å². The number of ether oxygens (including phenoxy) is 1. The number of aliphatic hydroxyl groups is 1. The van der Waals surface area contributed by atoms with Gasteiger partial charge in [0.15, 0.2) is 0 Å². The molecule has 1 aliphatic heterocycles. The lowest BCUT2D eigenvalue weighted by Gasteiger charge is -2.11. The minimum atomic E-state index is -0.620. The van der Waals surface area contributed by atoms with Crippen LogP contribution in [-0.4, -0.2) is 49.4 Å². The second kappa shape index (κ2) is 11.9. The molecule has 1 aliphatic carbocycles. The molecule has 4 rings (SSSR count). The van der Waals surface area contributed by atoms with E-state index in [1.807, 2.05) is 36.4 Å². The van der Waals surface area contributed by atoms with E-state index in [1.54, 1.807) is 13.0 Å². The van der Waals surface area contributed by atoms with Crippen LogP contribution in [0.4, 0.5) is 4.39 Å². The van der Waals surface area contributed by atoms with Gasteiger partial charge in [-0.1, -0.05) is 36.4 Å². The zero-order valence-electron chi connectivity index (χ0n) is 17.4. The van der Waals surface area contributed by atoms with Crippen molar-refractivity contribution in [2.75, 3.05) is 20.3 Å². The van der Waals surface area contributed by atoms with Gasteiger partial charge in [0.1, 0.15) is 18.5 Å². The van der Waals surface area contributed by atoms with Gasteiger partial charge in [-0.2, -0.15) is 0 Å². The number of halogens is 1. The van der Waals surface area contributed by atoms with E-state index in [0.717, 1.165) is 12.8 Å². The summed E-state index contributed by atoms with van der Waals surface area (Å²) in [5.41, 5.74) is 1.41. The van der Waals surface area contributed by atoms with Crippen LogP contribution in [-0.2, 0) is 6.42 Å². The number of alkyl halides is 1. The highest BCUT2D eigenvalue weighted by atomic mass is 19.1. The van der Waals surface area contributed by atoms with Crippen LogP contribution in [0.25, 0.3) is 0 Å². The Hall–Kier alpha value is -2.93. The summed E-state index contributed by atoms with van der Waals surface area (Å²) >= 11 is 0. The maximum Gasteiger partial charge on any atom is 0.254 e. The summed E-state index contributed by atoms with van der Waals surface area (Å²) in [7, 11) is 1.51. The number of fused-ring (bicyclic) bond motifs is 1. The topological polar surface area (TPSA) is 87.7 Å². The van der Waals surface area contributed by atoms with Crippen LogP contribution in [0.5, 0.6) is 5.75 Å². The molecule has 0 bridgehead atoms. The average molecular weight is 416 g/mol. The minimum absolute atomic E-state index is 0.200. The summed E-state index contributed by atoms with van der Waals surface area (Å²) in [6.45, 7) is 1.31. The SMILES string of the molecule is CCO.CNC(=O)c1cc(C(=O)NC2CC2)cc2c1OC(CF)C2.c1ccccc1. The summed E-state index contributed by atoms with van der Waals surface area (Å²) in [5, 5.41) is 13.0. The standard InChI is InChI=1S/C15H17FN2O3.C6H6.C2H6O/c1-17-15(20)12-6-9(14(19)18-10-2-3-10)4-8-5-11(7-16)21-13(8)12;1-2-4-6-5-3-1;1-2-3/h4,6,10-11H,2-3,5,7H2,1H3,(H,17,20)(H,18,19);1-6H;3H,2H2,1H3. The first-order valence-corrected chi connectivity index (χ1v) is 10.1. The van der Waals surface area contributed by atoms with Gasteiger partial charge in [-0.15, -0.1) is 0 Å². The van der Waals surface area contributed by atoms with Crippen LogP contribution in [0.2, 0.25) is 0 Å². The summed E-state index contributed by atoms with van der Waals surface area (Å²) in [4.78, 5) is 24.1. The quantitative estimate of drug-likeness (QED) is 0.715. The summed E-state index contributed by atoms with van der Waals surface area (Å²) in [6.07, 6.45) is 1.78. The molecule has 0 saturated heterocycles. The normalized spacial score (nSPS) is 15.9. The van der Waals surface area contributed by atoms with Crippen molar-refractivity contribution in [1.29, 1.82) is 0 Å². The van der Waals surface area contributed by atoms with E-state index in [4.69, 9.17) is 9.84 Å². The Morgan fingerprint density at radius 1 is 1.10 bits per heavy atom. The maximum atomic E-state index is 12.8. The Morgan fingerprint density at radius 2 is 1.67 bits per heavy atom. The summed E-state index contributed by atoms with van der Waals surface area (Å²) in [5.74, 6) is -0.152. The van der Waals surface area contributed by atoms with Crippen molar-refractivity contribution < 1.29 is 23.8 Å². The van der Waals surface area contributed by atoms with Crippen LogP contribution in [0.3, 0.4) is 0 Å². The van der Waals surface area contributed by atoms with Crippen molar-refractivity contribution in [3.8, 4) is 5.75 Å². The van der Waals surface area contributed by atoms with Gasteiger partial charge >= 0.3 is 0 Å². The molecule has 6 nitrogen and oxygen atoms in total. The first kappa shape index (κ1) is 23.3. The molecule has 2 aliphatic rings. The second-order valence-corrected chi connectivity index (χ2v) is 6.91. The molecule has 2 aromatic rings.